The fourth-order valence-corrected chi connectivity index (χ4v) is 5.37. The standard InChI is InChI=1S/C33H33ClN2O2/c34-31-19-11-10-18-29(31)33(28-16-8-3-9-17-28)38-36-21-20-25(24-36)23-35-32(37)22-30(26-12-4-1-5-13-26)27-14-6-2-7-15-27/h1-19,25,30,33H,20-24H2,(H,35,37). The first kappa shape index (κ1) is 26.2. The van der Waals surface area contributed by atoms with E-state index in [0.717, 1.165) is 41.8 Å². The van der Waals surface area contributed by atoms with E-state index in [-0.39, 0.29) is 17.9 Å². The Morgan fingerprint density at radius 3 is 1.97 bits per heavy atom. The summed E-state index contributed by atoms with van der Waals surface area (Å²) >= 11 is 6.55. The third-order valence-corrected chi connectivity index (χ3v) is 7.52. The Morgan fingerprint density at radius 1 is 0.816 bits per heavy atom. The molecule has 1 fully saturated rings. The minimum absolute atomic E-state index is 0.0306. The molecule has 1 amide bonds. The summed E-state index contributed by atoms with van der Waals surface area (Å²) < 4.78 is 0. The number of amides is 1. The molecule has 1 saturated heterocycles. The molecule has 1 aliphatic rings. The molecule has 4 aromatic rings. The summed E-state index contributed by atoms with van der Waals surface area (Å²) in [6.45, 7) is 2.21. The second-order valence-corrected chi connectivity index (χ2v) is 10.2. The van der Waals surface area contributed by atoms with Crippen molar-refractivity contribution in [2.45, 2.75) is 24.9 Å². The van der Waals surface area contributed by atoms with Crippen LogP contribution in [0.1, 0.15) is 47.1 Å². The van der Waals surface area contributed by atoms with Crippen LogP contribution in [0.15, 0.2) is 115 Å². The summed E-state index contributed by atoms with van der Waals surface area (Å²) in [5.74, 6) is 0.428. The second-order valence-electron chi connectivity index (χ2n) is 9.84. The molecule has 5 rings (SSSR count). The van der Waals surface area contributed by atoms with Crippen LogP contribution in [-0.2, 0) is 9.63 Å². The van der Waals surface area contributed by atoms with Gasteiger partial charge in [-0.1, -0.05) is 121 Å². The van der Waals surface area contributed by atoms with E-state index in [1.165, 1.54) is 0 Å². The van der Waals surface area contributed by atoms with Crippen LogP contribution in [0, 0.1) is 5.92 Å². The lowest BCUT2D eigenvalue weighted by atomic mass is 9.88. The maximum Gasteiger partial charge on any atom is 0.220 e. The van der Waals surface area contributed by atoms with Crippen LogP contribution in [-0.4, -0.2) is 30.6 Å². The summed E-state index contributed by atoms with van der Waals surface area (Å²) in [5.41, 5.74) is 4.32. The van der Waals surface area contributed by atoms with Crippen LogP contribution in [0.5, 0.6) is 0 Å². The van der Waals surface area contributed by atoms with E-state index in [4.69, 9.17) is 16.4 Å². The lowest BCUT2D eigenvalue weighted by Crippen LogP contribution is -2.32. The summed E-state index contributed by atoms with van der Waals surface area (Å²) in [4.78, 5) is 19.6. The largest absolute Gasteiger partial charge is 0.356 e. The first-order valence-electron chi connectivity index (χ1n) is 13.2. The molecule has 4 nitrogen and oxygen atoms in total. The van der Waals surface area contributed by atoms with Gasteiger partial charge in [-0.2, -0.15) is 5.06 Å². The molecule has 1 N–H and O–H groups in total. The van der Waals surface area contributed by atoms with Crippen molar-refractivity contribution in [3.63, 3.8) is 0 Å². The van der Waals surface area contributed by atoms with Crippen LogP contribution >= 0.6 is 11.6 Å². The zero-order valence-electron chi connectivity index (χ0n) is 21.4. The fourth-order valence-electron chi connectivity index (χ4n) is 5.14. The molecule has 1 aliphatic heterocycles. The number of hydrogen-bond acceptors (Lipinski definition) is 3. The van der Waals surface area contributed by atoms with Crippen molar-refractivity contribution < 1.29 is 9.63 Å². The number of carbonyl (C=O) groups excluding carboxylic acids is 1. The third-order valence-electron chi connectivity index (χ3n) is 7.17. The van der Waals surface area contributed by atoms with Gasteiger partial charge in [-0.05, 0) is 35.1 Å². The van der Waals surface area contributed by atoms with Gasteiger partial charge in [0.15, 0.2) is 0 Å². The monoisotopic (exact) mass is 524 g/mol. The average molecular weight is 525 g/mol. The molecular weight excluding hydrogens is 492 g/mol. The van der Waals surface area contributed by atoms with E-state index in [2.05, 4.69) is 41.7 Å². The molecule has 0 bridgehead atoms. The summed E-state index contributed by atoms with van der Waals surface area (Å²) in [6.07, 6.45) is 1.10. The summed E-state index contributed by atoms with van der Waals surface area (Å²) in [5, 5.41) is 5.91. The van der Waals surface area contributed by atoms with Gasteiger partial charge in [-0.25, -0.2) is 0 Å². The van der Waals surface area contributed by atoms with E-state index in [1.807, 2.05) is 83.9 Å². The molecule has 0 spiro atoms. The highest BCUT2D eigenvalue weighted by Gasteiger charge is 2.28. The molecule has 38 heavy (non-hydrogen) atoms. The molecule has 0 saturated carbocycles. The van der Waals surface area contributed by atoms with Gasteiger partial charge < -0.3 is 5.32 Å². The Labute approximate surface area is 230 Å². The van der Waals surface area contributed by atoms with Crippen molar-refractivity contribution in [1.82, 2.24) is 10.4 Å². The maximum absolute atomic E-state index is 13.1. The van der Waals surface area contributed by atoms with Gasteiger partial charge in [0.25, 0.3) is 0 Å². The first-order valence-corrected chi connectivity index (χ1v) is 13.6. The Morgan fingerprint density at radius 2 is 1.37 bits per heavy atom. The van der Waals surface area contributed by atoms with E-state index >= 15 is 0 Å². The van der Waals surface area contributed by atoms with Gasteiger partial charge in [0.1, 0.15) is 6.10 Å². The Hall–Kier alpha value is -3.44. The molecule has 1 heterocycles. The molecule has 0 aliphatic carbocycles. The molecule has 194 valence electrons. The van der Waals surface area contributed by atoms with Crippen molar-refractivity contribution >= 4 is 17.5 Å². The van der Waals surface area contributed by atoms with Crippen molar-refractivity contribution in [2.75, 3.05) is 19.6 Å². The Balaban J connectivity index is 1.19. The highest BCUT2D eigenvalue weighted by Crippen LogP contribution is 2.33. The van der Waals surface area contributed by atoms with Crippen LogP contribution < -0.4 is 5.32 Å². The second kappa shape index (κ2) is 12.9. The molecule has 4 aromatic carbocycles. The topological polar surface area (TPSA) is 41.6 Å². The smallest absolute Gasteiger partial charge is 0.220 e. The zero-order chi connectivity index (χ0) is 26.2. The third kappa shape index (κ3) is 6.70. The summed E-state index contributed by atoms with van der Waals surface area (Å²) in [6, 6.07) is 38.5. The molecular formula is C33H33ClN2O2. The van der Waals surface area contributed by atoms with E-state index < -0.39 is 0 Å². The van der Waals surface area contributed by atoms with Gasteiger partial charge in [-0.3, -0.25) is 9.63 Å². The van der Waals surface area contributed by atoms with Crippen molar-refractivity contribution in [3.05, 3.63) is 143 Å². The van der Waals surface area contributed by atoms with Gasteiger partial charge >= 0.3 is 0 Å². The normalized spacial score (nSPS) is 16.4. The predicted octanol–water partition coefficient (Wildman–Crippen LogP) is 7.02. The lowest BCUT2D eigenvalue weighted by Gasteiger charge is -2.25. The predicted molar refractivity (Wildman–Crippen MR) is 153 cm³/mol. The highest BCUT2D eigenvalue weighted by molar-refractivity contribution is 6.31. The van der Waals surface area contributed by atoms with Crippen LogP contribution in [0.4, 0.5) is 0 Å². The van der Waals surface area contributed by atoms with Crippen molar-refractivity contribution in [2.24, 2.45) is 5.92 Å². The Kier molecular flexibility index (Phi) is 8.87. The number of carbonyl (C=O) groups is 1. The fraction of sp³-hybridized carbons (Fsp3) is 0.242. The number of hydroxylamine groups is 2. The average Bonchev–Trinajstić information content (AvgIpc) is 3.43. The van der Waals surface area contributed by atoms with Crippen LogP contribution in [0.3, 0.4) is 0 Å². The number of benzene rings is 4. The lowest BCUT2D eigenvalue weighted by molar-refractivity contribution is -0.176. The first-order chi connectivity index (χ1) is 18.7. The van der Waals surface area contributed by atoms with E-state index in [1.54, 1.807) is 0 Å². The number of rotatable bonds is 10. The SMILES string of the molecule is O=C(CC(c1ccccc1)c1ccccc1)NCC1CCN(OC(c2ccccc2)c2ccccc2Cl)C1. The molecule has 2 atom stereocenters. The quantitative estimate of drug-likeness (QED) is 0.242. The number of nitrogens with one attached hydrogen (secondary N) is 1. The van der Waals surface area contributed by atoms with Gasteiger partial charge in [0, 0.05) is 42.6 Å². The highest BCUT2D eigenvalue weighted by atomic mass is 35.5. The van der Waals surface area contributed by atoms with Crippen LogP contribution in [0.25, 0.3) is 0 Å². The van der Waals surface area contributed by atoms with E-state index in [9.17, 15) is 4.79 Å². The zero-order valence-corrected chi connectivity index (χ0v) is 22.1. The van der Waals surface area contributed by atoms with E-state index in [0.29, 0.717) is 23.9 Å². The summed E-state index contributed by atoms with van der Waals surface area (Å²) in [7, 11) is 0. The van der Waals surface area contributed by atoms with Crippen molar-refractivity contribution in [1.29, 1.82) is 0 Å². The number of halogens is 1. The minimum Gasteiger partial charge on any atom is -0.356 e. The molecule has 0 radical (unpaired) electrons. The molecule has 2 unspecified atom stereocenters. The van der Waals surface area contributed by atoms with Gasteiger partial charge in [0.2, 0.25) is 5.91 Å². The van der Waals surface area contributed by atoms with Gasteiger partial charge in [0.05, 0.1) is 0 Å². The minimum atomic E-state index is -0.282. The Bertz CT molecular complexity index is 1260. The molecule has 5 heteroatoms. The molecule has 0 aromatic heterocycles. The number of nitrogens with zero attached hydrogens (tertiary/aromatic N) is 1. The van der Waals surface area contributed by atoms with Crippen molar-refractivity contribution in [3.8, 4) is 0 Å². The van der Waals surface area contributed by atoms with Crippen LogP contribution in [0.2, 0.25) is 5.02 Å². The number of hydrogen-bond donors (Lipinski definition) is 1. The maximum atomic E-state index is 13.1. The van der Waals surface area contributed by atoms with Gasteiger partial charge in [-0.15, -0.1) is 0 Å².